The van der Waals surface area contributed by atoms with E-state index in [2.05, 4.69) is 17.7 Å². The van der Waals surface area contributed by atoms with Crippen LogP contribution in [0.15, 0.2) is 11.6 Å². The molecule has 4 rings (SSSR count). The number of ether oxygens (including phenoxy) is 1. The maximum absolute atomic E-state index is 12.1. The third-order valence-corrected chi connectivity index (χ3v) is 7.91. The first-order chi connectivity index (χ1) is 11.9. The molecule has 1 N–H and O–H groups in total. The molecule has 3 nitrogen and oxygen atoms in total. The first-order valence-electron chi connectivity index (χ1n) is 10.2. The molecule has 0 heterocycles. The molecule has 7 unspecified atom stereocenters. The van der Waals surface area contributed by atoms with E-state index >= 15 is 0 Å². The Hall–Kier alpha value is -0.670. The van der Waals surface area contributed by atoms with E-state index in [9.17, 15) is 9.90 Å². The Kier molecular flexibility index (Phi) is 5.75. The lowest BCUT2D eigenvalue weighted by molar-refractivity contribution is -0.126. The van der Waals surface area contributed by atoms with Gasteiger partial charge < -0.3 is 9.84 Å². The van der Waals surface area contributed by atoms with Crippen molar-refractivity contribution in [1.82, 2.24) is 0 Å². The molecule has 4 aliphatic carbocycles. The molecule has 0 aromatic carbocycles. The van der Waals surface area contributed by atoms with E-state index in [1.54, 1.807) is 19.8 Å². The molecule has 0 aromatic heterocycles. The summed E-state index contributed by atoms with van der Waals surface area (Å²) in [6.45, 7) is 4.22. The quantitative estimate of drug-likeness (QED) is 0.715. The molecule has 3 fully saturated rings. The molecule has 0 saturated heterocycles. The maximum Gasteiger partial charge on any atom is 0.133 e. The lowest BCUT2D eigenvalue weighted by atomic mass is 9.51. The molecule has 142 valence electrons. The minimum Gasteiger partial charge on any atom is -0.393 e. The molecule has 4 aliphatic rings. The molecular weight excluding hydrogens is 312 g/mol. The second kappa shape index (κ2) is 7.52. The Labute approximate surface area is 153 Å². The first-order valence-corrected chi connectivity index (χ1v) is 10.2. The number of ketones is 1. The van der Waals surface area contributed by atoms with Gasteiger partial charge in [-0.25, -0.2) is 0 Å². The second-order valence-electron chi connectivity index (χ2n) is 9.18. The number of methoxy groups -OCH3 is 1. The van der Waals surface area contributed by atoms with Crippen LogP contribution in [0, 0.1) is 35.0 Å². The molecule has 7 atom stereocenters. The molecule has 3 heteroatoms. The summed E-state index contributed by atoms with van der Waals surface area (Å²) in [4.78, 5) is 12.1. The molecule has 0 amide bonds. The average Bonchev–Trinajstić information content (AvgIpc) is 2.92. The van der Waals surface area contributed by atoms with Crippen molar-refractivity contribution in [2.75, 3.05) is 14.2 Å². The number of fused-ring (bicyclic) bond motifs is 5. The Balaban J connectivity index is 0.000000569. The summed E-state index contributed by atoms with van der Waals surface area (Å²) in [7, 11) is 3.25. The zero-order valence-corrected chi connectivity index (χ0v) is 16.5. The van der Waals surface area contributed by atoms with Gasteiger partial charge in [0.1, 0.15) is 5.78 Å². The number of allylic oxidation sites excluding steroid dienone is 1. The van der Waals surface area contributed by atoms with Crippen LogP contribution in [-0.4, -0.2) is 31.2 Å². The number of carbonyl (C=O) groups is 1. The van der Waals surface area contributed by atoms with Crippen LogP contribution in [-0.2, 0) is 9.53 Å². The highest BCUT2D eigenvalue weighted by Gasteiger charge is 2.56. The van der Waals surface area contributed by atoms with Crippen molar-refractivity contribution in [2.24, 2.45) is 35.0 Å². The van der Waals surface area contributed by atoms with Gasteiger partial charge in [-0.2, -0.15) is 0 Å². The van der Waals surface area contributed by atoms with Gasteiger partial charge in [0.05, 0.1) is 6.10 Å². The van der Waals surface area contributed by atoms with Crippen LogP contribution < -0.4 is 0 Å². The van der Waals surface area contributed by atoms with E-state index in [-0.39, 0.29) is 11.5 Å². The number of hydrogen-bond acceptors (Lipinski definition) is 3. The highest BCUT2D eigenvalue weighted by molar-refractivity contribution is 5.79. The number of Topliss-reactive ketones (excluding diaryl/α,β-unsaturated/α-hetero) is 1. The zero-order valence-electron chi connectivity index (χ0n) is 16.5. The van der Waals surface area contributed by atoms with Crippen molar-refractivity contribution in [3.05, 3.63) is 11.6 Å². The topological polar surface area (TPSA) is 46.5 Å². The van der Waals surface area contributed by atoms with Crippen LogP contribution in [0.1, 0.15) is 65.2 Å². The zero-order chi connectivity index (χ0) is 18.2. The standard InChI is InChI=1S/C20H30O2.C2H6O/c1-12(21)18-7-8-19-17-5-3-13-11-14(22)4-6-15(13)16(17)9-10-20(18,19)2;1-3-2/h3,14-19,22H,4-11H2,1-2H3;1-2H3. The van der Waals surface area contributed by atoms with Crippen LogP contribution in [0.4, 0.5) is 0 Å². The monoisotopic (exact) mass is 348 g/mol. The molecule has 0 spiro atoms. The number of carbonyl (C=O) groups excluding carboxylic acids is 1. The van der Waals surface area contributed by atoms with E-state index in [1.165, 1.54) is 32.1 Å². The Morgan fingerprint density at radius 3 is 2.56 bits per heavy atom. The molecule has 0 aliphatic heterocycles. The predicted molar refractivity (Wildman–Crippen MR) is 100 cm³/mol. The SMILES string of the molecule is CC(=O)C1CCC2C3CC=C4CC(O)CCC4C3CCC12C.COC. The van der Waals surface area contributed by atoms with Crippen molar-refractivity contribution in [3.8, 4) is 0 Å². The fourth-order valence-corrected chi connectivity index (χ4v) is 6.92. The summed E-state index contributed by atoms with van der Waals surface area (Å²) in [6.07, 6.45) is 11.6. The fraction of sp³-hybridized carbons (Fsp3) is 0.864. The molecule has 3 saturated carbocycles. The minimum absolute atomic E-state index is 0.0959. The van der Waals surface area contributed by atoms with Gasteiger partial charge in [-0.05, 0) is 87.4 Å². The Morgan fingerprint density at radius 1 is 1.16 bits per heavy atom. The van der Waals surface area contributed by atoms with Gasteiger partial charge in [-0.1, -0.05) is 18.6 Å². The third kappa shape index (κ3) is 3.35. The van der Waals surface area contributed by atoms with Gasteiger partial charge >= 0.3 is 0 Å². The molecule has 0 bridgehead atoms. The Bertz CT molecular complexity index is 525. The van der Waals surface area contributed by atoms with Gasteiger partial charge in [0.25, 0.3) is 0 Å². The minimum atomic E-state index is -0.0959. The van der Waals surface area contributed by atoms with E-state index in [0.717, 1.165) is 42.9 Å². The fourth-order valence-electron chi connectivity index (χ4n) is 6.92. The van der Waals surface area contributed by atoms with Crippen LogP contribution in [0.2, 0.25) is 0 Å². The summed E-state index contributed by atoms with van der Waals surface area (Å²) in [5, 5.41) is 9.95. The van der Waals surface area contributed by atoms with Gasteiger partial charge in [-0.3, -0.25) is 4.79 Å². The van der Waals surface area contributed by atoms with Crippen molar-refractivity contribution in [3.63, 3.8) is 0 Å². The normalized spacial score (nSPS) is 45.2. The first kappa shape index (κ1) is 19.1. The summed E-state index contributed by atoms with van der Waals surface area (Å²) in [6, 6.07) is 0. The number of aliphatic hydroxyl groups is 1. The number of hydrogen-bond donors (Lipinski definition) is 1. The predicted octanol–water partition coefficient (Wildman–Crippen LogP) is 4.39. The third-order valence-electron chi connectivity index (χ3n) is 7.91. The summed E-state index contributed by atoms with van der Waals surface area (Å²) < 4.78 is 4.25. The lowest BCUT2D eigenvalue weighted by Gasteiger charge is -2.53. The van der Waals surface area contributed by atoms with Gasteiger partial charge in [0, 0.05) is 20.1 Å². The Morgan fingerprint density at radius 2 is 1.88 bits per heavy atom. The molecule has 0 aromatic rings. The summed E-state index contributed by atoms with van der Waals surface area (Å²) >= 11 is 0. The van der Waals surface area contributed by atoms with Crippen molar-refractivity contribution >= 4 is 5.78 Å². The average molecular weight is 349 g/mol. The highest BCUT2D eigenvalue weighted by atomic mass is 16.4. The van der Waals surface area contributed by atoms with E-state index in [0.29, 0.717) is 11.7 Å². The summed E-state index contributed by atoms with van der Waals surface area (Å²) in [5.74, 6) is 3.87. The number of aliphatic hydroxyl groups excluding tert-OH is 1. The van der Waals surface area contributed by atoms with E-state index in [4.69, 9.17) is 0 Å². The molecular formula is C22H36O3. The molecule has 0 radical (unpaired) electrons. The van der Waals surface area contributed by atoms with Crippen LogP contribution >= 0.6 is 0 Å². The highest BCUT2D eigenvalue weighted by Crippen LogP contribution is 2.63. The van der Waals surface area contributed by atoms with E-state index < -0.39 is 0 Å². The smallest absolute Gasteiger partial charge is 0.133 e. The van der Waals surface area contributed by atoms with Gasteiger partial charge in [0.2, 0.25) is 0 Å². The van der Waals surface area contributed by atoms with Crippen LogP contribution in [0.25, 0.3) is 0 Å². The van der Waals surface area contributed by atoms with Crippen molar-refractivity contribution < 1.29 is 14.6 Å². The lowest BCUT2D eigenvalue weighted by Crippen LogP contribution is -2.47. The van der Waals surface area contributed by atoms with Crippen molar-refractivity contribution in [1.29, 1.82) is 0 Å². The van der Waals surface area contributed by atoms with E-state index in [1.807, 2.05) is 6.92 Å². The summed E-state index contributed by atoms with van der Waals surface area (Å²) in [5.41, 5.74) is 1.83. The number of rotatable bonds is 1. The van der Waals surface area contributed by atoms with Gasteiger partial charge in [-0.15, -0.1) is 0 Å². The van der Waals surface area contributed by atoms with Crippen molar-refractivity contribution in [2.45, 2.75) is 71.3 Å². The van der Waals surface area contributed by atoms with Gasteiger partial charge in [0.15, 0.2) is 0 Å². The van der Waals surface area contributed by atoms with Crippen LogP contribution in [0.3, 0.4) is 0 Å². The largest absolute Gasteiger partial charge is 0.393 e. The molecule has 25 heavy (non-hydrogen) atoms. The second-order valence-corrected chi connectivity index (χ2v) is 9.18. The van der Waals surface area contributed by atoms with Crippen LogP contribution in [0.5, 0.6) is 0 Å². The maximum atomic E-state index is 12.1.